The molecule has 6 nitrogen and oxygen atoms in total. The fourth-order valence-corrected chi connectivity index (χ4v) is 3.02. The number of carbonyl (C=O) groups excluding carboxylic acids is 1. The average molecular weight is 289 g/mol. The summed E-state index contributed by atoms with van der Waals surface area (Å²) >= 11 is -5.27. The molecule has 1 aromatic rings. The first-order valence-electron chi connectivity index (χ1n) is 4.39. The Morgan fingerprint density at radius 1 is 1.38 bits per heavy atom. The molecule has 0 bridgehead atoms. The van der Waals surface area contributed by atoms with Crippen molar-refractivity contribution in [3.05, 3.63) is 17.7 Å². The predicted molar refractivity (Wildman–Crippen MR) is 57.7 cm³/mol. The van der Waals surface area contributed by atoms with Gasteiger partial charge in [0.2, 0.25) is 0 Å². The number of nitrogens with one attached hydrogen (secondary N) is 1. The van der Waals surface area contributed by atoms with Gasteiger partial charge in [-0.2, -0.15) is 0 Å². The third kappa shape index (κ3) is 2.88. The van der Waals surface area contributed by atoms with Crippen LogP contribution in [0.1, 0.15) is 12.5 Å². The van der Waals surface area contributed by atoms with Crippen LogP contribution in [0, 0.1) is 6.92 Å². The summed E-state index contributed by atoms with van der Waals surface area (Å²) in [5, 5.41) is 11.8. The molecule has 0 aliphatic heterocycles. The Kier molecular flexibility index (Phi) is 3.47. The van der Waals surface area contributed by atoms with E-state index in [1.165, 1.54) is 19.1 Å². The summed E-state index contributed by atoms with van der Waals surface area (Å²) in [6, 6.07) is 2.64. The molecule has 0 radical (unpaired) electrons. The first-order chi connectivity index (χ1) is 7.21. The van der Waals surface area contributed by atoms with Crippen LogP contribution in [0.5, 0.6) is 5.75 Å². The Bertz CT molecular complexity index is 479. The van der Waals surface area contributed by atoms with E-state index in [4.69, 9.17) is 8.19 Å². The number of hydrogen-bond donors (Lipinski definition) is 4. The van der Waals surface area contributed by atoms with Gasteiger partial charge in [0.1, 0.15) is 0 Å². The molecule has 0 unspecified atom stereocenters. The molecule has 4 N–H and O–H groups in total. The molecule has 88 valence electrons. The van der Waals surface area contributed by atoms with Crippen LogP contribution in [0.15, 0.2) is 12.1 Å². The summed E-state index contributed by atoms with van der Waals surface area (Å²) in [5.41, 5.74) is 0.548. The minimum atomic E-state index is -5.27. The molecule has 1 aromatic carbocycles. The van der Waals surface area contributed by atoms with E-state index in [-0.39, 0.29) is 5.69 Å². The maximum atomic E-state index is 11.2. The second kappa shape index (κ2) is 4.33. The Labute approximate surface area is 94.9 Å². The molecular formula is C9H12AsNO5. The van der Waals surface area contributed by atoms with Gasteiger partial charge in [-0.1, -0.05) is 0 Å². The van der Waals surface area contributed by atoms with Crippen LogP contribution in [0.4, 0.5) is 5.69 Å². The number of amides is 1. The third-order valence-corrected chi connectivity index (χ3v) is 4.04. The van der Waals surface area contributed by atoms with Gasteiger partial charge >= 0.3 is 94.6 Å². The molecule has 0 aliphatic carbocycles. The second-order valence-corrected chi connectivity index (χ2v) is 6.63. The van der Waals surface area contributed by atoms with E-state index in [1.54, 1.807) is 6.92 Å². The van der Waals surface area contributed by atoms with E-state index in [1.807, 2.05) is 0 Å². The van der Waals surface area contributed by atoms with E-state index in [0.29, 0.717) is 5.56 Å². The summed E-state index contributed by atoms with van der Waals surface area (Å²) in [4.78, 5) is 10.9. The van der Waals surface area contributed by atoms with Crippen molar-refractivity contribution in [2.24, 2.45) is 0 Å². The van der Waals surface area contributed by atoms with Crippen LogP contribution in [0.3, 0.4) is 0 Å². The molecule has 0 heterocycles. The van der Waals surface area contributed by atoms with Crippen molar-refractivity contribution in [3.63, 3.8) is 0 Å². The van der Waals surface area contributed by atoms with Crippen LogP contribution in [-0.4, -0.2) is 33.4 Å². The number of aromatic hydroxyl groups is 1. The first kappa shape index (κ1) is 12.8. The summed E-state index contributed by atoms with van der Waals surface area (Å²) in [5.74, 6) is -0.966. The van der Waals surface area contributed by atoms with E-state index in [9.17, 15) is 13.6 Å². The second-order valence-electron chi connectivity index (χ2n) is 3.41. The van der Waals surface area contributed by atoms with Crippen LogP contribution < -0.4 is 9.67 Å². The van der Waals surface area contributed by atoms with Crippen molar-refractivity contribution >= 4 is 30.1 Å². The number of phenols is 1. The Balaban J connectivity index is 3.44. The van der Waals surface area contributed by atoms with E-state index in [0.717, 1.165) is 0 Å². The number of rotatable bonds is 2. The molecule has 0 fully saturated rings. The molecule has 1 amide bonds. The molecule has 0 aliphatic rings. The number of hydrogen-bond acceptors (Lipinski definition) is 3. The Morgan fingerprint density at radius 2 is 1.94 bits per heavy atom. The molecule has 0 atom stereocenters. The van der Waals surface area contributed by atoms with Gasteiger partial charge in [-0.05, 0) is 0 Å². The number of carbonyl (C=O) groups is 1. The summed E-state index contributed by atoms with van der Waals surface area (Å²) in [6.07, 6.45) is 0. The molecular weight excluding hydrogens is 277 g/mol. The van der Waals surface area contributed by atoms with Crippen LogP contribution >= 0.6 is 0 Å². The molecule has 0 saturated heterocycles. The van der Waals surface area contributed by atoms with E-state index < -0.39 is 30.2 Å². The molecule has 0 aromatic heterocycles. The molecule has 0 saturated carbocycles. The molecule has 1 rings (SSSR count). The number of aryl methyl sites for hydroxylation is 1. The Morgan fingerprint density at radius 3 is 2.38 bits per heavy atom. The quantitative estimate of drug-likeness (QED) is 0.534. The van der Waals surface area contributed by atoms with Crippen molar-refractivity contribution in [2.75, 3.05) is 5.32 Å². The fraction of sp³-hybridized carbons (Fsp3) is 0.222. The van der Waals surface area contributed by atoms with E-state index >= 15 is 0 Å². The zero-order valence-electron chi connectivity index (χ0n) is 8.76. The zero-order chi connectivity index (χ0) is 12.5. The standard InChI is InChI=1S/C9H12AsNO5/c1-5-3-7(11-6(2)12)9(8(13)4-5)10(14,15)16/h3-4,13H,1-2H3,(H,11,12)(H2,14,15,16). The van der Waals surface area contributed by atoms with Gasteiger partial charge in [-0.15, -0.1) is 0 Å². The SMILES string of the molecule is CC(=O)Nc1cc(C)cc(O)c1[As](=O)(O)O. The normalized spacial score (nSPS) is 11.2. The van der Waals surface area contributed by atoms with Gasteiger partial charge in [-0.3, -0.25) is 0 Å². The number of phenolic OH excluding ortho intramolecular Hbond substituents is 1. The van der Waals surface area contributed by atoms with Gasteiger partial charge in [0.25, 0.3) is 0 Å². The van der Waals surface area contributed by atoms with Crippen LogP contribution in [-0.2, 0) is 8.53 Å². The van der Waals surface area contributed by atoms with Crippen molar-refractivity contribution in [2.45, 2.75) is 13.8 Å². The first-order valence-corrected chi connectivity index (χ1v) is 7.77. The van der Waals surface area contributed by atoms with Crippen molar-refractivity contribution in [1.29, 1.82) is 0 Å². The topological polar surface area (TPSA) is 107 Å². The summed E-state index contributed by atoms with van der Waals surface area (Å²) in [7, 11) is 0. The third-order valence-electron chi connectivity index (χ3n) is 1.84. The van der Waals surface area contributed by atoms with E-state index in [2.05, 4.69) is 5.32 Å². The monoisotopic (exact) mass is 289 g/mol. The Hall–Kier alpha value is -1.23. The van der Waals surface area contributed by atoms with Crippen molar-refractivity contribution < 1.29 is 21.8 Å². The van der Waals surface area contributed by atoms with Gasteiger partial charge in [0.15, 0.2) is 0 Å². The number of benzene rings is 1. The summed E-state index contributed by atoms with van der Waals surface area (Å²) in [6.45, 7) is 2.86. The predicted octanol–water partition coefficient (Wildman–Crippen LogP) is -0.780. The molecule has 0 spiro atoms. The van der Waals surface area contributed by atoms with Gasteiger partial charge < -0.3 is 0 Å². The van der Waals surface area contributed by atoms with Crippen molar-refractivity contribution in [1.82, 2.24) is 0 Å². The summed E-state index contributed by atoms with van der Waals surface area (Å²) < 4.78 is 28.9. The zero-order valence-corrected chi connectivity index (χ0v) is 10.6. The maximum absolute atomic E-state index is 11.2. The van der Waals surface area contributed by atoms with Crippen LogP contribution in [0.2, 0.25) is 0 Å². The average Bonchev–Trinajstić information content (AvgIpc) is 1.96. The number of anilines is 1. The fourth-order valence-electron chi connectivity index (χ4n) is 1.35. The van der Waals surface area contributed by atoms with Gasteiger partial charge in [0, 0.05) is 0 Å². The molecule has 16 heavy (non-hydrogen) atoms. The van der Waals surface area contributed by atoms with Gasteiger partial charge in [-0.25, -0.2) is 0 Å². The van der Waals surface area contributed by atoms with Crippen LogP contribution in [0.25, 0.3) is 0 Å². The minimum absolute atomic E-state index is 0.0440. The molecule has 7 heteroatoms. The van der Waals surface area contributed by atoms with Crippen molar-refractivity contribution in [3.8, 4) is 5.75 Å². The van der Waals surface area contributed by atoms with Gasteiger partial charge in [0.05, 0.1) is 0 Å².